The molecule has 0 aromatic carbocycles. The third kappa shape index (κ3) is 7.49. The minimum absolute atomic E-state index is 0.0107. The van der Waals surface area contributed by atoms with Gasteiger partial charge in [-0.1, -0.05) is 39.3 Å². The average molecular weight is 885 g/mol. The molecule has 4 aliphatic carbocycles. The molecule has 5 heterocycles. The molecular weight excluding hydrogens is 812 g/mol. The molecular formula is C45H72O17. The number of hydrogen-bond donors (Lipinski definition) is 9. The fourth-order valence-corrected chi connectivity index (χ4v) is 14.0. The van der Waals surface area contributed by atoms with E-state index >= 15 is 0 Å². The summed E-state index contributed by atoms with van der Waals surface area (Å²) < 4.78 is 49.3. The van der Waals surface area contributed by atoms with E-state index in [1.54, 1.807) is 0 Å². The zero-order valence-corrected chi connectivity index (χ0v) is 36.6. The highest BCUT2D eigenvalue weighted by atomic mass is 16.8. The van der Waals surface area contributed by atoms with Crippen molar-refractivity contribution >= 4 is 0 Å². The Morgan fingerprint density at radius 1 is 0.677 bits per heavy atom. The molecule has 0 aromatic rings. The molecule has 1 spiro atoms. The molecule has 9 N–H and O–H groups in total. The molecule has 354 valence electrons. The van der Waals surface area contributed by atoms with Gasteiger partial charge in [-0.3, -0.25) is 0 Å². The summed E-state index contributed by atoms with van der Waals surface area (Å²) in [6.45, 7) is 10.4. The topological polar surface area (TPSA) is 256 Å². The van der Waals surface area contributed by atoms with Crippen LogP contribution in [0.25, 0.3) is 0 Å². The quantitative estimate of drug-likeness (QED) is 0.148. The van der Waals surface area contributed by atoms with Gasteiger partial charge in [0.1, 0.15) is 67.1 Å². The third-order valence-electron chi connectivity index (χ3n) is 17.7. The Morgan fingerprint density at radius 3 is 2.08 bits per heavy atom. The molecule has 9 rings (SSSR count). The van der Waals surface area contributed by atoms with Gasteiger partial charge in [0.2, 0.25) is 0 Å². The summed E-state index contributed by atoms with van der Waals surface area (Å²) >= 11 is 0. The Hall–Kier alpha value is -0.940. The minimum Gasteiger partial charge on any atom is -0.394 e. The average Bonchev–Trinajstić information content (AvgIpc) is 3.70. The van der Waals surface area contributed by atoms with E-state index in [0.717, 1.165) is 45.1 Å². The maximum absolute atomic E-state index is 11.8. The van der Waals surface area contributed by atoms with Crippen LogP contribution in [0.3, 0.4) is 0 Å². The van der Waals surface area contributed by atoms with Crippen LogP contribution >= 0.6 is 0 Å². The zero-order chi connectivity index (χ0) is 44.2. The first-order chi connectivity index (χ1) is 29.4. The summed E-state index contributed by atoms with van der Waals surface area (Å²) in [5.74, 6) is 2.64. The summed E-state index contributed by atoms with van der Waals surface area (Å²) in [5.41, 5.74) is 1.54. The van der Waals surface area contributed by atoms with Crippen LogP contribution in [-0.2, 0) is 37.9 Å². The highest BCUT2D eigenvalue weighted by Gasteiger charge is 2.69. The number of ether oxygens (including phenoxy) is 8. The Balaban J connectivity index is 0.877. The first-order valence-electron chi connectivity index (χ1n) is 23.4. The van der Waals surface area contributed by atoms with E-state index in [0.29, 0.717) is 48.3 Å². The molecule has 17 nitrogen and oxygen atoms in total. The summed E-state index contributed by atoms with van der Waals surface area (Å²) in [6.07, 6.45) is -12.2. The van der Waals surface area contributed by atoms with Gasteiger partial charge >= 0.3 is 0 Å². The van der Waals surface area contributed by atoms with E-state index < -0.39 is 111 Å². The van der Waals surface area contributed by atoms with Crippen LogP contribution in [0, 0.1) is 46.3 Å². The van der Waals surface area contributed by atoms with Gasteiger partial charge in [0.25, 0.3) is 0 Å². The Morgan fingerprint density at radius 2 is 1.37 bits per heavy atom. The lowest BCUT2D eigenvalue weighted by atomic mass is 9.47. The summed E-state index contributed by atoms with van der Waals surface area (Å²) in [5, 5.41) is 96.5. The van der Waals surface area contributed by atoms with Crippen molar-refractivity contribution < 1.29 is 83.9 Å². The van der Waals surface area contributed by atoms with Crippen LogP contribution in [0.5, 0.6) is 0 Å². The van der Waals surface area contributed by atoms with Gasteiger partial charge in [0.05, 0.1) is 38.1 Å². The lowest BCUT2D eigenvalue weighted by molar-refractivity contribution is -0.389. The second kappa shape index (κ2) is 17.3. The number of aliphatic hydroxyl groups is 9. The molecule has 5 saturated heterocycles. The highest BCUT2D eigenvalue weighted by Crippen LogP contribution is 2.70. The number of fused-ring (bicyclic) bond motifs is 7. The van der Waals surface area contributed by atoms with Crippen molar-refractivity contribution in [3.05, 3.63) is 11.6 Å². The van der Waals surface area contributed by atoms with E-state index in [2.05, 4.69) is 33.8 Å². The Kier molecular flexibility index (Phi) is 12.9. The fraction of sp³-hybridized carbons (Fsp3) is 0.956. The van der Waals surface area contributed by atoms with Crippen LogP contribution in [0.4, 0.5) is 0 Å². The van der Waals surface area contributed by atoms with Crippen molar-refractivity contribution in [1.29, 1.82) is 0 Å². The SMILES string of the molecule is CC1CCC2(OC1)OC1CC3C4CC=C5CC(OC6OC(CO)C(O)C(OC7OC(CO)C(O)C(O)C7OC7OC(C)C(O)C(O)C7O)C6O)CCC5(C)C4CCC3(C)C1C2C. The second-order valence-corrected chi connectivity index (χ2v) is 21.1. The van der Waals surface area contributed by atoms with Crippen molar-refractivity contribution in [3.8, 4) is 0 Å². The maximum Gasteiger partial charge on any atom is 0.187 e. The fourth-order valence-electron chi connectivity index (χ4n) is 14.0. The Labute approximate surface area is 363 Å². The first kappa shape index (κ1) is 46.2. The van der Waals surface area contributed by atoms with E-state index in [-0.39, 0.29) is 23.0 Å². The van der Waals surface area contributed by atoms with E-state index in [1.807, 2.05) is 0 Å². The number of rotatable bonds is 8. The first-order valence-corrected chi connectivity index (χ1v) is 23.4. The van der Waals surface area contributed by atoms with Gasteiger partial charge in [0, 0.05) is 12.3 Å². The van der Waals surface area contributed by atoms with Crippen molar-refractivity contribution in [1.82, 2.24) is 0 Å². The summed E-state index contributed by atoms with van der Waals surface area (Å²) in [7, 11) is 0. The molecule has 26 atom stereocenters. The standard InChI is InChI=1S/C45H72O17/c1-19-8-13-45(55-18-19)20(2)30-27(62-45)15-26-24-7-6-22-14-23(9-11-43(22,4)25(24)10-12-44(26,30)5)57-41-37(54)38(33(50)29(17-47)58-41)60-42-39(35(52)32(49)28(16-46)59-42)61-40-36(53)34(51)31(48)21(3)56-40/h6,19-21,23-42,46-54H,7-18H2,1-5H3. The smallest absolute Gasteiger partial charge is 0.187 e. The van der Waals surface area contributed by atoms with Gasteiger partial charge in [-0.15, -0.1) is 0 Å². The van der Waals surface area contributed by atoms with E-state index in [1.165, 1.54) is 18.9 Å². The van der Waals surface area contributed by atoms with Crippen molar-refractivity contribution in [2.75, 3.05) is 19.8 Å². The molecule has 0 amide bonds. The highest BCUT2D eigenvalue weighted by molar-refractivity contribution is 5.26. The normalized spacial score (nSPS) is 57.6. The van der Waals surface area contributed by atoms with Gasteiger partial charge in [-0.05, 0) is 98.7 Å². The monoisotopic (exact) mass is 884 g/mol. The van der Waals surface area contributed by atoms with E-state index in [9.17, 15) is 46.0 Å². The number of hydrogen-bond acceptors (Lipinski definition) is 17. The van der Waals surface area contributed by atoms with Crippen LogP contribution in [0.2, 0.25) is 0 Å². The van der Waals surface area contributed by atoms with Gasteiger partial charge in [0.15, 0.2) is 24.7 Å². The number of allylic oxidation sites excluding steroid dienone is 1. The molecule has 17 heteroatoms. The molecule has 62 heavy (non-hydrogen) atoms. The summed E-state index contributed by atoms with van der Waals surface area (Å²) in [4.78, 5) is 0. The van der Waals surface area contributed by atoms with Crippen LogP contribution in [-0.4, -0.2) is 176 Å². The van der Waals surface area contributed by atoms with Crippen molar-refractivity contribution in [2.24, 2.45) is 46.3 Å². The molecule has 3 saturated carbocycles. The van der Waals surface area contributed by atoms with Crippen molar-refractivity contribution in [2.45, 2.75) is 203 Å². The van der Waals surface area contributed by atoms with Crippen LogP contribution in [0.15, 0.2) is 11.6 Å². The van der Waals surface area contributed by atoms with Crippen LogP contribution < -0.4 is 0 Å². The second-order valence-electron chi connectivity index (χ2n) is 21.1. The predicted octanol–water partition coefficient (Wildman–Crippen LogP) is 0.214. The lowest BCUT2D eigenvalue weighted by Crippen LogP contribution is -2.67. The van der Waals surface area contributed by atoms with Gasteiger partial charge in [-0.25, -0.2) is 0 Å². The largest absolute Gasteiger partial charge is 0.394 e. The van der Waals surface area contributed by atoms with E-state index in [4.69, 9.17) is 37.9 Å². The summed E-state index contributed by atoms with van der Waals surface area (Å²) in [6, 6.07) is 0. The van der Waals surface area contributed by atoms with Crippen molar-refractivity contribution in [3.63, 3.8) is 0 Å². The zero-order valence-electron chi connectivity index (χ0n) is 36.6. The molecule has 9 aliphatic rings. The number of aliphatic hydroxyl groups excluding tert-OH is 9. The molecule has 0 aromatic heterocycles. The third-order valence-corrected chi connectivity index (χ3v) is 17.7. The van der Waals surface area contributed by atoms with Crippen LogP contribution in [0.1, 0.15) is 92.4 Å². The molecule has 5 aliphatic heterocycles. The molecule has 0 radical (unpaired) electrons. The predicted molar refractivity (Wildman–Crippen MR) is 214 cm³/mol. The van der Waals surface area contributed by atoms with Gasteiger partial charge in [-0.2, -0.15) is 0 Å². The Bertz CT molecular complexity index is 1610. The maximum atomic E-state index is 11.8. The minimum atomic E-state index is -1.81. The van der Waals surface area contributed by atoms with Gasteiger partial charge < -0.3 is 83.9 Å². The molecule has 8 fully saturated rings. The lowest BCUT2D eigenvalue weighted by Gasteiger charge is -2.58. The molecule has 26 unspecified atom stereocenters. The molecule has 0 bridgehead atoms.